The minimum absolute atomic E-state index is 0.0639. The molecule has 2 aromatic carbocycles. The largest absolute Gasteiger partial charge is 0.497 e. The van der Waals surface area contributed by atoms with Crippen molar-refractivity contribution in [1.82, 2.24) is 0 Å². The number of non-ortho nitro benzene ring substituents is 1. The standard InChI is InChI=1S/C17H17NO5/c1-17(20,13-5-7-14(8-6-13)18(21)22)11-16(19)12-3-9-15(23-2)10-4-12/h3-10,20H,11H2,1-2H3. The first-order valence-electron chi connectivity index (χ1n) is 6.98. The Kier molecular flexibility index (Phi) is 4.76. The quantitative estimate of drug-likeness (QED) is 0.502. The normalized spacial score (nSPS) is 13.2. The Balaban J connectivity index is 2.15. The summed E-state index contributed by atoms with van der Waals surface area (Å²) < 4.78 is 5.03. The van der Waals surface area contributed by atoms with Gasteiger partial charge in [-0.3, -0.25) is 14.9 Å². The van der Waals surface area contributed by atoms with Gasteiger partial charge in [0.15, 0.2) is 5.78 Å². The molecule has 23 heavy (non-hydrogen) atoms. The molecule has 2 rings (SSSR count). The lowest BCUT2D eigenvalue weighted by atomic mass is 9.88. The Labute approximate surface area is 133 Å². The van der Waals surface area contributed by atoms with E-state index in [0.717, 1.165) is 0 Å². The van der Waals surface area contributed by atoms with Crippen molar-refractivity contribution in [2.45, 2.75) is 18.9 Å². The Bertz CT molecular complexity index is 705. The molecule has 1 atom stereocenters. The van der Waals surface area contributed by atoms with Crippen LogP contribution in [0.2, 0.25) is 0 Å². The summed E-state index contributed by atoms with van der Waals surface area (Å²) >= 11 is 0. The van der Waals surface area contributed by atoms with Crippen LogP contribution in [0.4, 0.5) is 5.69 Å². The smallest absolute Gasteiger partial charge is 0.269 e. The van der Waals surface area contributed by atoms with Crippen molar-refractivity contribution < 1.29 is 19.6 Å². The number of aliphatic hydroxyl groups is 1. The number of hydrogen-bond acceptors (Lipinski definition) is 5. The number of rotatable bonds is 6. The highest BCUT2D eigenvalue weighted by atomic mass is 16.6. The molecule has 2 aromatic rings. The maximum absolute atomic E-state index is 12.3. The van der Waals surface area contributed by atoms with E-state index in [1.54, 1.807) is 24.3 Å². The van der Waals surface area contributed by atoms with Crippen molar-refractivity contribution in [3.8, 4) is 5.75 Å². The molecule has 6 nitrogen and oxygen atoms in total. The SMILES string of the molecule is COc1ccc(C(=O)CC(C)(O)c2ccc([N+](=O)[O-])cc2)cc1. The van der Waals surface area contributed by atoms with Crippen LogP contribution < -0.4 is 4.74 Å². The third-order valence-electron chi connectivity index (χ3n) is 3.62. The van der Waals surface area contributed by atoms with Gasteiger partial charge in [-0.05, 0) is 48.9 Å². The van der Waals surface area contributed by atoms with E-state index in [2.05, 4.69) is 0 Å². The van der Waals surface area contributed by atoms with Crippen molar-refractivity contribution in [3.05, 3.63) is 69.8 Å². The van der Waals surface area contributed by atoms with Gasteiger partial charge in [0.2, 0.25) is 0 Å². The van der Waals surface area contributed by atoms with Crippen LogP contribution in [0.15, 0.2) is 48.5 Å². The number of carbonyl (C=O) groups excluding carboxylic acids is 1. The average molecular weight is 315 g/mol. The number of benzene rings is 2. The monoisotopic (exact) mass is 315 g/mol. The van der Waals surface area contributed by atoms with Crippen molar-refractivity contribution in [1.29, 1.82) is 0 Å². The minimum Gasteiger partial charge on any atom is -0.497 e. The number of carbonyl (C=O) groups is 1. The third kappa shape index (κ3) is 3.92. The fraction of sp³-hybridized carbons (Fsp3) is 0.235. The molecule has 0 fully saturated rings. The van der Waals surface area contributed by atoms with Gasteiger partial charge in [-0.15, -0.1) is 0 Å². The van der Waals surface area contributed by atoms with E-state index in [0.29, 0.717) is 16.9 Å². The molecule has 0 aliphatic heterocycles. The Hall–Kier alpha value is -2.73. The molecule has 0 amide bonds. The highest BCUT2D eigenvalue weighted by Crippen LogP contribution is 2.28. The first-order chi connectivity index (χ1) is 10.8. The number of hydrogen-bond donors (Lipinski definition) is 1. The molecule has 0 aliphatic rings. The number of nitro groups is 1. The molecule has 0 bridgehead atoms. The molecule has 0 spiro atoms. The molecular weight excluding hydrogens is 298 g/mol. The van der Waals surface area contributed by atoms with Gasteiger partial charge in [0.05, 0.1) is 17.6 Å². The second kappa shape index (κ2) is 6.58. The second-order valence-electron chi connectivity index (χ2n) is 5.41. The van der Waals surface area contributed by atoms with Crippen LogP contribution in [0.5, 0.6) is 5.75 Å². The lowest BCUT2D eigenvalue weighted by Gasteiger charge is -2.23. The third-order valence-corrected chi connectivity index (χ3v) is 3.62. The maximum Gasteiger partial charge on any atom is 0.269 e. The number of Topliss-reactive ketones (excluding diaryl/α,β-unsaturated/α-hetero) is 1. The van der Waals surface area contributed by atoms with E-state index < -0.39 is 10.5 Å². The Morgan fingerprint density at radius 1 is 1.17 bits per heavy atom. The average Bonchev–Trinajstić information content (AvgIpc) is 2.54. The first kappa shape index (κ1) is 16.6. The highest BCUT2D eigenvalue weighted by molar-refractivity contribution is 5.96. The number of ether oxygens (including phenoxy) is 1. The topological polar surface area (TPSA) is 89.7 Å². The van der Waals surface area contributed by atoms with Crippen molar-refractivity contribution >= 4 is 11.5 Å². The van der Waals surface area contributed by atoms with Crippen LogP contribution in [-0.2, 0) is 5.60 Å². The van der Waals surface area contributed by atoms with Gasteiger partial charge in [-0.2, -0.15) is 0 Å². The number of nitro benzene ring substituents is 1. The van der Waals surface area contributed by atoms with Crippen molar-refractivity contribution in [3.63, 3.8) is 0 Å². The van der Waals surface area contributed by atoms with Gasteiger partial charge in [-0.25, -0.2) is 0 Å². The summed E-state index contributed by atoms with van der Waals surface area (Å²) in [6.07, 6.45) is -0.128. The predicted octanol–water partition coefficient (Wildman–Crippen LogP) is 3.08. The Morgan fingerprint density at radius 2 is 1.74 bits per heavy atom. The zero-order valence-corrected chi connectivity index (χ0v) is 12.9. The number of ketones is 1. The van der Waals surface area contributed by atoms with Gasteiger partial charge in [-0.1, -0.05) is 0 Å². The van der Waals surface area contributed by atoms with Gasteiger partial charge >= 0.3 is 0 Å². The predicted molar refractivity (Wildman–Crippen MR) is 84.6 cm³/mol. The molecule has 0 saturated heterocycles. The number of nitrogens with zero attached hydrogens (tertiary/aromatic N) is 1. The van der Waals surface area contributed by atoms with E-state index in [-0.39, 0.29) is 17.9 Å². The van der Waals surface area contributed by atoms with Gasteiger partial charge in [0, 0.05) is 24.1 Å². The summed E-state index contributed by atoms with van der Waals surface area (Å²) in [5, 5.41) is 21.2. The summed E-state index contributed by atoms with van der Waals surface area (Å²) in [4.78, 5) is 22.4. The molecule has 0 saturated carbocycles. The molecule has 0 aliphatic carbocycles. The van der Waals surface area contributed by atoms with E-state index in [1.165, 1.54) is 38.3 Å². The molecule has 0 aromatic heterocycles. The maximum atomic E-state index is 12.3. The number of methoxy groups -OCH3 is 1. The molecule has 0 radical (unpaired) electrons. The van der Waals surface area contributed by atoms with E-state index >= 15 is 0 Å². The summed E-state index contributed by atoms with van der Waals surface area (Å²) in [5.41, 5.74) is -0.560. The van der Waals surface area contributed by atoms with Crippen LogP contribution >= 0.6 is 0 Å². The summed E-state index contributed by atoms with van der Waals surface area (Å²) in [5.74, 6) is 0.416. The molecule has 120 valence electrons. The van der Waals surface area contributed by atoms with Gasteiger partial charge < -0.3 is 9.84 Å². The minimum atomic E-state index is -1.41. The molecule has 0 heterocycles. The Morgan fingerprint density at radius 3 is 2.22 bits per heavy atom. The lowest BCUT2D eigenvalue weighted by Crippen LogP contribution is -2.25. The van der Waals surface area contributed by atoms with Crippen molar-refractivity contribution in [2.24, 2.45) is 0 Å². The van der Waals surface area contributed by atoms with E-state index in [9.17, 15) is 20.0 Å². The molecule has 6 heteroatoms. The lowest BCUT2D eigenvalue weighted by molar-refractivity contribution is -0.384. The fourth-order valence-electron chi connectivity index (χ4n) is 2.24. The van der Waals surface area contributed by atoms with Crippen molar-refractivity contribution in [2.75, 3.05) is 7.11 Å². The molecular formula is C17H17NO5. The van der Waals surface area contributed by atoms with Crippen LogP contribution in [0, 0.1) is 10.1 Å². The highest BCUT2D eigenvalue weighted by Gasteiger charge is 2.27. The second-order valence-corrected chi connectivity index (χ2v) is 5.41. The van der Waals surface area contributed by atoms with E-state index in [1.807, 2.05) is 0 Å². The molecule has 1 N–H and O–H groups in total. The zero-order chi connectivity index (χ0) is 17.0. The summed E-state index contributed by atoms with van der Waals surface area (Å²) in [6, 6.07) is 12.1. The van der Waals surface area contributed by atoms with E-state index in [4.69, 9.17) is 4.74 Å². The zero-order valence-electron chi connectivity index (χ0n) is 12.9. The van der Waals surface area contributed by atoms with Crippen LogP contribution in [-0.4, -0.2) is 22.9 Å². The van der Waals surface area contributed by atoms with Gasteiger partial charge in [0.1, 0.15) is 5.75 Å². The summed E-state index contributed by atoms with van der Waals surface area (Å²) in [7, 11) is 1.54. The van der Waals surface area contributed by atoms with Crippen LogP contribution in [0.1, 0.15) is 29.3 Å². The van der Waals surface area contributed by atoms with Gasteiger partial charge in [0.25, 0.3) is 5.69 Å². The van der Waals surface area contributed by atoms with Crippen LogP contribution in [0.3, 0.4) is 0 Å². The van der Waals surface area contributed by atoms with Crippen LogP contribution in [0.25, 0.3) is 0 Å². The summed E-state index contributed by atoms with van der Waals surface area (Å²) in [6.45, 7) is 1.51. The first-order valence-corrected chi connectivity index (χ1v) is 6.98. The molecule has 1 unspecified atom stereocenters. The fourth-order valence-corrected chi connectivity index (χ4v) is 2.24.